The Balaban J connectivity index is 2.06. The minimum absolute atomic E-state index is 0.0725. The third-order valence-corrected chi connectivity index (χ3v) is 3.90. The summed E-state index contributed by atoms with van der Waals surface area (Å²) >= 11 is 0. The lowest BCUT2D eigenvalue weighted by Crippen LogP contribution is -2.47. The zero-order chi connectivity index (χ0) is 16.8. The van der Waals surface area contributed by atoms with E-state index in [9.17, 15) is 9.59 Å². The van der Waals surface area contributed by atoms with E-state index in [4.69, 9.17) is 4.74 Å². The molecule has 5 nitrogen and oxygen atoms in total. The number of urea groups is 1. The number of rotatable bonds is 5. The summed E-state index contributed by atoms with van der Waals surface area (Å²) < 4.78 is 5.66. The van der Waals surface area contributed by atoms with Crippen LogP contribution in [-0.4, -0.2) is 42.5 Å². The summed E-state index contributed by atoms with van der Waals surface area (Å²) in [6, 6.07) is 7.24. The van der Waals surface area contributed by atoms with E-state index in [1.54, 1.807) is 11.0 Å². The molecule has 1 unspecified atom stereocenters. The van der Waals surface area contributed by atoms with Crippen LogP contribution in [0, 0.1) is 5.92 Å². The van der Waals surface area contributed by atoms with Crippen LogP contribution >= 0.6 is 0 Å². The number of ketones is 1. The Labute approximate surface area is 138 Å². The Hall–Kier alpha value is -2.04. The first-order valence-electron chi connectivity index (χ1n) is 8.35. The van der Waals surface area contributed by atoms with Crippen molar-refractivity contribution < 1.29 is 14.3 Å². The van der Waals surface area contributed by atoms with E-state index in [-0.39, 0.29) is 23.8 Å². The van der Waals surface area contributed by atoms with Gasteiger partial charge in [0.25, 0.3) is 0 Å². The van der Waals surface area contributed by atoms with Gasteiger partial charge in [0.2, 0.25) is 0 Å². The molecule has 0 aromatic heterocycles. The molecule has 0 bridgehead atoms. The molecule has 1 N–H and O–H groups in total. The molecular formula is C18H26N2O3. The van der Waals surface area contributed by atoms with E-state index in [2.05, 4.69) is 5.32 Å². The van der Waals surface area contributed by atoms with Gasteiger partial charge in [0, 0.05) is 31.1 Å². The van der Waals surface area contributed by atoms with Crippen molar-refractivity contribution in [1.82, 2.24) is 10.2 Å². The summed E-state index contributed by atoms with van der Waals surface area (Å²) in [6.07, 6.45) is 1.75. The second kappa shape index (κ2) is 7.99. The molecule has 5 heteroatoms. The largest absolute Gasteiger partial charge is 0.491 e. The first kappa shape index (κ1) is 17.3. The molecule has 126 valence electrons. The molecule has 1 heterocycles. The van der Waals surface area contributed by atoms with Crippen LogP contribution in [0.3, 0.4) is 0 Å². The van der Waals surface area contributed by atoms with E-state index >= 15 is 0 Å². The Morgan fingerprint density at radius 3 is 2.87 bits per heavy atom. The number of amides is 2. The van der Waals surface area contributed by atoms with E-state index in [1.807, 2.05) is 39.0 Å². The second-order valence-electron chi connectivity index (χ2n) is 6.18. The van der Waals surface area contributed by atoms with Crippen molar-refractivity contribution in [3.63, 3.8) is 0 Å². The molecule has 0 radical (unpaired) electrons. The number of carbonyl (C=O) groups excluding carboxylic acids is 2. The van der Waals surface area contributed by atoms with Crippen molar-refractivity contribution in [2.75, 3.05) is 19.6 Å². The van der Waals surface area contributed by atoms with E-state index in [1.165, 1.54) is 0 Å². The predicted molar refractivity (Wildman–Crippen MR) is 89.9 cm³/mol. The van der Waals surface area contributed by atoms with Gasteiger partial charge in [-0.25, -0.2) is 4.79 Å². The van der Waals surface area contributed by atoms with Crippen molar-refractivity contribution in [2.24, 2.45) is 5.92 Å². The molecule has 23 heavy (non-hydrogen) atoms. The molecule has 0 saturated carbocycles. The zero-order valence-electron chi connectivity index (χ0n) is 14.2. The van der Waals surface area contributed by atoms with Gasteiger partial charge in [0.05, 0.1) is 6.10 Å². The maximum absolute atomic E-state index is 12.7. The zero-order valence-corrected chi connectivity index (χ0v) is 14.2. The average Bonchev–Trinajstić information content (AvgIpc) is 2.54. The lowest BCUT2D eigenvalue weighted by Gasteiger charge is -2.32. The van der Waals surface area contributed by atoms with Gasteiger partial charge >= 0.3 is 6.03 Å². The molecule has 2 rings (SSSR count). The molecule has 2 amide bonds. The summed E-state index contributed by atoms with van der Waals surface area (Å²) in [4.78, 5) is 26.5. The maximum Gasteiger partial charge on any atom is 0.317 e. The van der Waals surface area contributed by atoms with Gasteiger partial charge in [-0.05, 0) is 45.7 Å². The minimum atomic E-state index is -0.138. The summed E-state index contributed by atoms with van der Waals surface area (Å²) in [5.74, 6) is 0.663. The van der Waals surface area contributed by atoms with Crippen LogP contribution in [0.1, 0.15) is 44.0 Å². The molecule has 1 fully saturated rings. The van der Waals surface area contributed by atoms with Crippen molar-refractivity contribution in [3.8, 4) is 5.75 Å². The number of hydrogen-bond acceptors (Lipinski definition) is 3. The number of ether oxygens (including phenoxy) is 1. The minimum Gasteiger partial charge on any atom is -0.491 e. The van der Waals surface area contributed by atoms with Gasteiger partial charge in [0.1, 0.15) is 5.75 Å². The van der Waals surface area contributed by atoms with Crippen molar-refractivity contribution in [1.29, 1.82) is 0 Å². The standard InChI is InChI=1S/C18H26N2O3/c1-4-19-18(22)20-10-6-8-15(12-20)17(21)14-7-5-9-16(11-14)23-13(2)3/h5,7,9,11,13,15H,4,6,8,10,12H2,1-3H3,(H,19,22). The van der Waals surface area contributed by atoms with Crippen LogP contribution in [0.15, 0.2) is 24.3 Å². The van der Waals surface area contributed by atoms with Crippen molar-refractivity contribution >= 4 is 11.8 Å². The van der Waals surface area contributed by atoms with E-state index in [0.717, 1.165) is 12.8 Å². The molecule has 1 atom stereocenters. The fraction of sp³-hybridized carbons (Fsp3) is 0.556. The van der Waals surface area contributed by atoms with Crippen LogP contribution in [0.25, 0.3) is 0 Å². The molecule has 1 aliphatic heterocycles. The van der Waals surface area contributed by atoms with Gasteiger partial charge < -0.3 is 15.0 Å². The van der Waals surface area contributed by atoms with Crippen LogP contribution in [-0.2, 0) is 0 Å². The van der Waals surface area contributed by atoms with Crippen LogP contribution in [0.4, 0.5) is 4.79 Å². The van der Waals surface area contributed by atoms with Gasteiger partial charge in [-0.3, -0.25) is 4.79 Å². The highest BCUT2D eigenvalue weighted by Crippen LogP contribution is 2.23. The highest BCUT2D eigenvalue weighted by Gasteiger charge is 2.29. The first-order chi connectivity index (χ1) is 11.0. The Morgan fingerprint density at radius 1 is 1.39 bits per heavy atom. The highest BCUT2D eigenvalue weighted by atomic mass is 16.5. The van der Waals surface area contributed by atoms with E-state index < -0.39 is 0 Å². The fourth-order valence-electron chi connectivity index (χ4n) is 2.87. The third kappa shape index (κ3) is 4.71. The first-order valence-corrected chi connectivity index (χ1v) is 8.35. The number of piperidine rings is 1. The fourth-order valence-corrected chi connectivity index (χ4v) is 2.87. The third-order valence-electron chi connectivity index (χ3n) is 3.90. The lowest BCUT2D eigenvalue weighted by molar-refractivity contribution is 0.0845. The Kier molecular flexibility index (Phi) is 6.02. The number of Topliss-reactive ketones (excluding diaryl/α,β-unsaturated/α-hetero) is 1. The molecule has 0 spiro atoms. The molecule has 1 aliphatic rings. The topological polar surface area (TPSA) is 58.6 Å². The molecular weight excluding hydrogens is 292 g/mol. The smallest absolute Gasteiger partial charge is 0.317 e. The van der Waals surface area contributed by atoms with Gasteiger partial charge in [-0.15, -0.1) is 0 Å². The van der Waals surface area contributed by atoms with Crippen molar-refractivity contribution in [3.05, 3.63) is 29.8 Å². The molecule has 1 aromatic rings. The number of nitrogens with zero attached hydrogens (tertiary/aromatic N) is 1. The summed E-state index contributed by atoms with van der Waals surface area (Å²) in [5, 5.41) is 2.80. The Bertz CT molecular complexity index is 557. The van der Waals surface area contributed by atoms with Crippen LogP contribution < -0.4 is 10.1 Å². The van der Waals surface area contributed by atoms with Crippen molar-refractivity contribution in [2.45, 2.75) is 39.7 Å². The monoisotopic (exact) mass is 318 g/mol. The molecule has 0 aliphatic carbocycles. The highest BCUT2D eigenvalue weighted by molar-refractivity contribution is 5.98. The van der Waals surface area contributed by atoms with Gasteiger partial charge in [-0.1, -0.05) is 12.1 Å². The Morgan fingerprint density at radius 2 is 2.17 bits per heavy atom. The summed E-state index contributed by atoms with van der Waals surface area (Å²) in [7, 11) is 0. The van der Waals surface area contributed by atoms with Crippen LogP contribution in [0.5, 0.6) is 5.75 Å². The number of hydrogen-bond donors (Lipinski definition) is 1. The maximum atomic E-state index is 12.7. The predicted octanol–water partition coefficient (Wildman–Crippen LogP) is 3.10. The lowest BCUT2D eigenvalue weighted by atomic mass is 9.90. The average molecular weight is 318 g/mol. The second-order valence-corrected chi connectivity index (χ2v) is 6.18. The molecule has 1 aromatic carbocycles. The number of likely N-dealkylation sites (tertiary alicyclic amines) is 1. The van der Waals surface area contributed by atoms with E-state index in [0.29, 0.717) is 30.9 Å². The SMILES string of the molecule is CCNC(=O)N1CCCC(C(=O)c2cccc(OC(C)C)c2)C1. The van der Waals surface area contributed by atoms with Crippen LogP contribution in [0.2, 0.25) is 0 Å². The normalized spacial score (nSPS) is 17.9. The van der Waals surface area contributed by atoms with Gasteiger partial charge in [0.15, 0.2) is 5.78 Å². The number of nitrogens with one attached hydrogen (secondary N) is 1. The quantitative estimate of drug-likeness (QED) is 0.849. The number of benzene rings is 1. The number of carbonyl (C=O) groups is 2. The summed E-state index contributed by atoms with van der Waals surface area (Å²) in [6.45, 7) is 7.61. The van der Waals surface area contributed by atoms with Gasteiger partial charge in [-0.2, -0.15) is 0 Å². The summed E-state index contributed by atoms with van der Waals surface area (Å²) in [5.41, 5.74) is 0.658. The molecule has 1 saturated heterocycles.